The van der Waals surface area contributed by atoms with E-state index in [1.165, 1.54) is 12.0 Å². The SMILES string of the molecule is CCOc1cc(/C=C2\SC(=O)N(CCOc3cc(C)ccc3C(C)C)C2=O)ccc1OCC(=O)OC. The summed E-state index contributed by atoms with van der Waals surface area (Å²) in [4.78, 5) is 38.4. The number of thioether (sulfide) groups is 1. The molecule has 0 atom stereocenters. The average molecular weight is 514 g/mol. The van der Waals surface area contributed by atoms with Crippen molar-refractivity contribution in [1.82, 2.24) is 4.90 Å². The van der Waals surface area contributed by atoms with Gasteiger partial charge in [0.2, 0.25) is 0 Å². The van der Waals surface area contributed by atoms with Gasteiger partial charge < -0.3 is 18.9 Å². The van der Waals surface area contributed by atoms with Crippen molar-refractivity contribution in [2.75, 3.05) is 33.5 Å². The molecule has 9 heteroatoms. The topological polar surface area (TPSA) is 91.4 Å². The Morgan fingerprint density at radius 1 is 1.03 bits per heavy atom. The summed E-state index contributed by atoms with van der Waals surface area (Å²) >= 11 is 0.884. The highest BCUT2D eigenvalue weighted by atomic mass is 32.2. The smallest absolute Gasteiger partial charge is 0.343 e. The van der Waals surface area contributed by atoms with Crippen molar-refractivity contribution < 1.29 is 33.3 Å². The molecule has 36 heavy (non-hydrogen) atoms. The van der Waals surface area contributed by atoms with E-state index in [1.807, 2.05) is 32.0 Å². The number of imide groups is 1. The highest BCUT2D eigenvalue weighted by Crippen LogP contribution is 2.35. The first kappa shape index (κ1) is 27.1. The van der Waals surface area contributed by atoms with Gasteiger partial charge in [0.05, 0.1) is 25.2 Å². The van der Waals surface area contributed by atoms with Crippen LogP contribution in [-0.2, 0) is 14.3 Å². The number of nitrogens with zero attached hydrogens (tertiary/aromatic N) is 1. The Labute approximate surface area is 215 Å². The van der Waals surface area contributed by atoms with Crippen molar-refractivity contribution in [3.05, 3.63) is 58.0 Å². The monoisotopic (exact) mass is 513 g/mol. The normalized spacial score (nSPS) is 14.5. The van der Waals surface area contributed by atoms with Crippen LogP contribution in [-0.4, -0.2) is 55.5 Å². The lowest BCUT2D eigenvalue weighted by atomic mass is 10.0. The Balaban J connectivity index is 1.69. The van der Waals surface area contributed by atoms with E-state index in [2.05, 4.69) is 18.6 Å². The van der Waals surface area contributed by atoms with Gasteiger partial charge in [-0.15, -0.1) is 0 Å². The third-order valence-electron chi connectivity index (χ3n) is 5.38. The third-order valence-corrected chi connectivity index (χ3v) is 6.28. The van der Waals surface area contributed by atoms with E-state index in [4.69, 9.17) is 14.2 Å². The summed E-state index contributed by atoms with van der Waals surface area (Å²) in [5, 5.41) is -0.341. The van der Waals surface area contributed by atoms with E-state index in [9.17, 15) is 14.4 Å². The van der Waals surface area contributed by atoms with Crippen molar-refractivity contribution in [3.63, 3.8) is 0 Å². The molecule has 0 radical (unpaired) electrons. The van der Waals surface area contributed by atoms with Crippen molar-refractivity contribution in [3.8, 4) is 17.2 Å². The molecular weight excluding hydrogens is 482 g/mol. The Hall–Kier alpha value is -3.46. The molecule has 1 aliphatic heterocycles. The number of hydrogen-bond acceptors (Lipinski definition) is 8. The summed E-state index contributed by atoms with van der Waals surface area (Å²) in [6, 6.07) is 11.1. The largest absolute Gasteiger partial charge is 0.491 e. The third kappa shape index (κ3) is 6.81. The Morgan fingerprint density at radius 2 is 1.81 bits per heavy atom. The number of esters is 1. The van der Waals surface area contributed by atoms with Gasteiger partial charge in [0, 0.05) is 0 Å². The zero-order valence-corrected chi connectivity index (χ0v) is 22.0. The fourth-order valence-corrected chi connectivity index (χ4v) is 4.40. The molecule has 1 fully saturated rings. The van der Waals surface area contributed by atoms with Crippen LogP contribution in [0.2, 0.25) is 0 Å². The maximum Gasteiger partial charge on any atom is 0.343 e. The lowest BCUT2D eigenvalue weighted by Gasteiger charge is -2.17. The van der Waals surface area contributed by atoms with Crippen LogP contribution >= 0.6 is 11.8 Å². The Kier molecular flexibility index (Phi) is 9.41. The van der Waals surface area contributed by atoms with E-state index in [0.29, 0.717) is 34.5 Å². The van der Waals surface area contributed by atoms with Crippen LogP contribution in [0.15, 0.2) is 41.3 Å². The fourth-order valence-electron chi connectivity index (χ4n) is 3.53. The number of carbonyl (C=O) groups is 3. The van der Waals surface area contributed by atoms with Gasteiger partial charge in [-0.1, -0.05) is 32.0 Å². The maximum absolute atomic E-state index is 12.9. The number of methoxy groups -OCH3 is 1. The molecule has 1 saturated heterocycles. The van der Waals surface area contributed by atoms with E-state index >= 15 is 0 Å². The van der Waals surface area contributed by atoms with Crippen LogP contribution in [0, 0.1) is 6.92 Å². The van der Waals surface area contributed by atoms with Crippen molar-refractivity contribution in [1.29, 1.82) is 0 Å². The lowest BCUT2D eigenvalue weighted by Crippen LogP contribution is -2.32. The Bertz CT molecular complexity index is 1160. The van der Waals surface area contributed by atoms with Crippen LogP contribution in [0.5, 0.6) is 17.2 Å². The van der Waals surface area contributed by atoms with Gasteiger partial charge in [-0.25, -0.2) is 4.79 Å². The molecule has 0 bridgehead atoms. The summed E-state index contributed by atoms with van der Waals surface area (Å²) in [7, 11) is 1.28. The minimum atomic E-state index is -0.512. The summed E-state index contributed by atoms with van der Waals surface area (Å²) in [6.07, 6.45) is 1.63. The van der Waals surface area contributed by atoms with Crippen molar-refractivity contribution in [2.45, 2.75) is 33.6 Å². The fraction of sp³-hybridized carbons (Fsp3) is 0.370. The van der Waals surface area contributed by atoms with Gasteiger partial charge in [0.1, 0.15) is 12.4 Å². The van der Waals surface area contributed by atoms with Crippen LogP contribution in [0.25, 0.3) is 6.08 Å². The van der Waals surface area contributed by atoms with Crippen LogP contribution in [0.4, 0.5) is 4.79 Å². The van der Waals surface area contributed by atoms with Crippen LogP contribution in [0.3, 0.4) is 0 Å². The molecule has 8 nitrogen and oxygen atoms in total. The molecule has 3 rings (SSSR count). The predicted octanol–water partition coefficient (Wildman–Crippen LogP) is 5.18. The zero-order valence-electron chi connectivity index (χ0n) is 21.2. The first-order chi connectivity index (χ1) is 17.2. The summed E-state index contributed by atoms with van der Waals surface area (Å²) in [5.41, 5.74) is 2.82. The van der Waals surface area contributed by atoms with Gasteiger partial charge in [0.25, 0.3) is 11.1 Å². The minimum Gasteiger partial charge on any atom is -0.491 e. The van der Waals surface area contributed by atoms with E-state index in [-0.39, 0.29) is 30.9 Å². The maximum atomic E-state index is 12.9. The number of ether oxygens (including phenoxy) is 4. The molecule has 2 aromatic rings. The molecule has 0 aliphatic carbocycles. The van der Waals surface area contributed by atoms with Crippen molar-refractivity contribution >= 4 is 35.0 Å². The van der Waals surface area contributed by atoms with Crippen LogP contribution < -0.4 is 14.2 Å². The number of carbonyl (C=O) groups excluding carboxylic acids is 3. The second-order valence-corrected chi connectivity index (χ2v) is 9.37. The molecule has 0 N–H and O–H groups in total. The minimum absolute atomic E-state index is 0.151. The van der Waals surface area contributed by atoms with Gasteiger partial charge in [0.15, 0.2) is 18.1 Å². The number of benzene rings is 2. The van der Waals surface area contributed by atoms with Gasteiger partial charge in [-0.3, -0.25) is 14.5 Å². The number of amides is 2. The molecule has 1 heterocycles. The molecule has 0 aromatic heterocycles. The van der Waals surface area contributed by atoms with E-state index in [0.717, 1.165) is 28.6 Å². The first-order valence-electron chi connectivity index (χ1n) is 11.7. The highest BCUT2D eigenvalue weighted by molar-refractivity contribution is 8.18. The van der Waals surface area contributed by atoms with Gasteiger partial charge in [-0.2, -0.15) is 0 Å². The zero-order chi connectivity index (χ0) is 26.2. The predicted molar refractivity (Wildman–Crippen MR) is 139 cm³/mol. The number of rotatable bonds is 11. The molecule has 0 saturated carbocycles. The molecule has 2 aromatic carbocycles. The lowest BCUT2D eigenvalue weighted by molar-refractivity contribution is -0.142. The van der Waals surface area contributed by atoms with Gasteiger partial charge in [-0.05, 0) is 72.5 Å². The number of hydrogen-bond donors (Lipinski definition) is 0. The number of aryl methyl sites for hydroxylation is 1. The Morgan fingerprint density at radius 3 is 2.50 bits per heavy atom. The quantitative estimate of drug-likeness (QED) is 0.300. The molecule has 0 spiro atoms. The standard InChI is InChI=1S/C27H31NO7S/c1-6-33-23-14-19(8-10-21(23)35-16-25(29)32-5)15-24-26(30)28(27(31)36-24)11-12-34-22-13-18(4)7-9-20(22)17(2)3/h7-10,13-15,17H,6,11-12,16H2,1-5H3/b24-15-. The summed E-state index contributed by atoms with van der Waals surface area (Å²) < 4.78 is 21.6. The van der Waals surface area contributed by atoms with E-state index < -0.39 is 5.97 Å². The van der Waals surface area contributed by atoms with E-state index in [1.54, 1.807) is 24.3 Å². The summed E-state index contributed by atoms with van der Waals surface area (Å²) in [6.45, 7) is 8.48. The second kappa shape index (κ2) is 12.5. The highest BCUT2D eigenvalue weighted by Gasteiger charge is 2.35. The molecule has 192 valence electrons. The van der Waals surface area contributed by atoms with Crippen LogP contribution in [0.1, 0.15) is 43.4 Å². The first-order valence-corrected chi connectivity index (χ1v) is 12.5. The molecule has 2 amide bonds. The van der Waals surface area contributed by atoms with Crippen molar-refractivity contribution in [2.24, 2.45) is 0 Å². The van der Waals surface area contributed by atoms with Gasteiger partial charge >= 0.3 is 5.97 Å². The average Bonchev–Trinajstić information content (AvgIpc) is 3.10. The summed E-state index contributed by atoms with van der Waals surface area (Å²) in [5.74, 6) is 0.974. The molecule has 0 unspecified atom stereocenters. The molecular formula is C27H31NO7S. The second-order valence-electron chi connectivity index (χ2n) is 8.38. The molecule has 1 aliphatic rings.